The predicted octanol–water partition coefficient (Wildman–Crippen LogP) is 1.84. The monoisotopic (exact) mass is 324 g/mol. The van der Waals surface area contributed by atoms with Crippen LogP contribution in [0.15, 0.2) is 17.0 Å². The van der Waals surface area contributed by atoms with Gasteiger partial charge in [-0.3, -0.25) is 0 Å². The Labute approximate surface area is 122 Å². The summed E-state index contributed by atoms with van der Waals surface area (Å²) in [6, 6.07) is 1.52. The van der Waals surface area contributed by atoms with Crippen LogP contribution in [0, 0.1) is 11.6 Å². The second kappa shape index (κ2) is 7.35. The average molecular weight is 324 g/mol. The molecule has 114 valence electrons. The first-order valence-corrected chi connectivity index (χ1v) is 8.93. The van der Waals surface area contributed by atoms with E-state index in [0.717, 1.165) is 12.1 Å². The number of sulfonamides is 1. The Morgan fingerprint density at radius 3 is 2.55 bits per heavy atom. The zero-order valence-electron chi connectivity index (χ0n) is 11.3. The lowest BCUT2D eigenvalue weighted by Crippen LogP contribution is -2.36. The van der Waals surface area contributed by atoms with E-state index in [1.165, 1.54) is 11.8 Å². The molecule has 0 aromatic heterocycles. The number of rotatable bonds is 7. The standard InChI is InChI=1S/C12H18F2N2O2S2/c1-3-8(7-19-2)16-20(17,18)11-5-4-10(13)9(6-15)12(11)14/h4-5,8,16H,3,6-7,15H2,1-2H3. The van der Waals surface area contributed by atoms with E-state index in [-0.39, 0.29) is 6.04 Å². The zero-order chi connectivity index (χ0) is 15.3. The maximum atomic E-state index is 14.0. The van der Waals surface area contributed by atoms with Gasteiger partial charge in [-0.15, -0.1) is 0 Å². The fourth-order valence-electron chi connectivity index (χ4n) is 1.69. The second-order valence-electron chi connectivity index (χ2n) is 4.22. The molecule has 8 heteroatoms. The fourth-order valence-corrected chi connectivity index (χ4v) is 3.94. The molecule has 0 heterocycles. The van der Waals surface area contributed by atoms with Crippen LogP contribution in [-0.2, 0) is 16.6 Å². The summed E-state index contributed by atoms with van der Waals surface area (Å²) in [6.07, 6.45) is 2.43. The van der Waals surface area contributed by atoms with Gasteiger partial charge < -0.3 is 5.73 Å². The lowest BCUT2D eigenvalue weighted by molar-refractivity contribution is 0.519. The molecule has 4 nitrogen and oxygen atoms in total. The Morgan fingerprint density at radius 1 is 1.40 bits per heavy atom. The predicted molar refractivity (Wildman–Crippen MR) is 77.0 cm³/mol. The molecule has 0 radical (unpaired) electrons. The van der Waals surface area contributed by atoms with Gasteiger partial charge in [-0.25, -0.2) is 21.9 Å². The van der Waals surface area contributed by atoms with Crippen molar-refractivity contribution in [1.82, 2.24) is 4.72 Å². The van der Waals surface area contributed by atoms with E-state index in [1.54, 1.807) is 0 Å². The molecule has 3 N–H and O–H groups in total. The highest BCUT2D eigenvalue weighted by Crippen LogP contribution is 2.21. The zero-order valence-corrected chi connectivity index (χ0v) is 13.0. The molecule has 0 spiro atoms. The van der Waals surface area contributed by atoms with Crippen LogP contribution < -0.4 is 10.5 Å². The number of hydrogen-bond donors (Lipinski definition) is 2. The number of thioether (sulfide) groups is 1. The third-order valence-corrected chi connectivity index (χ3v) is 5.10. The summed E-state index contributed by atoms with van der Waals surface area (Å²) < 4.78 is 54.1. The third kappa shape index (κ3) is 3.91. The van der Waals surface area contributed by atoms with Gasteiger partial charge in [0.25, 0.3) is 0 Å². The normalized spacial score (nSPS) is 13.4. The Morgan fingerprint density at radius 2 is 2.05 bits per heavy atom. The Kier molecular flexibility index (Phi) is 6.38. The van der Waals surface area contributed by atoms with Crippen molar-refractivity contribution in [2.45, 2.75) is 30.8 Å². The van der Waals surface area contributed by atoms with E-state index >= 15 is 0 Å². The number of nitrogens with one attached hydrogen (secondary N) is 1. The maximum absolute atomic E-state index is 14.0. The van der Waals surface area contributed by atoms with Crippen LogP contribution >= 0.6 is 11.8 Å². The molecule has 1 atom stereocenters. The lowest BCUT2D eigenvalue weighted by atomic mass is 10.2. The average Bonchev–Trinajstić information content (AvgIpc) is 2.38. The van der Waals surface area contributed by atoms with Gasteiger partial charge in [-0.1, -0.05) is 6.92 Å². The maximum Gasteiger partial charge on any atom is 0.243 e. The topological polar surface area (TPSA) is 72.2 Å². The van der Waals surface area contributed by atoms with Crippen molar-refractivity contribution in [1.29, 1.82) is 0 Å². The highest BCUT2D eigenvalue weighted by Gasteiger charge is 2.25. The molecule has 1 rings (SSSR count). The van der Waals surface area contributed by atoms with E-state index in [1.807, 2.05) is 13.2 Å². The highest BCUT2D eigenvalue weighted by molar-refractivity contribution is 7.98. The summed E-state index contributed by atoms with van der Waals surface area (Å²) in [5.41, 5.74) is 4.82. The highest BCUT2D eigenvalue weighted by atomic mass is 32.2. The van der Waals surface area contributed by atoms with Gasteiger partial charge in [0.05, 0.1) is 0 Å². The van der Waals surface area contributed by atoms with E-state index in [0.29, 0.717) is 12.2 Å². The van der Waals surface area contributed by atoms with Crippen molar-refractivity contribution in [2.24, 2.45) is 5.73 Å². The van der Waals surface area contributed by atoms with Crippen LogP contribution in [0.3, 0.4) is 0 Å². The molecule has 20 heavy (non-hydrogen) atoms. The Bertz CT molecular complexity index is 565. The van der Waals surface area contributed by atoms with Gasteiger partial charge in [0.2, 0.25) is 10.0 Å². The third-order valence-electron chi connectivity index (χ3n) is 2.83. The summed E-state index contributed by atoms with van der Waals surface area (Å²) in [5.74, 6) is -1.40. The molecular weight excluding hydrogens is 306 g/mol. The minimum absolute atomic E-state index is 0.305. The molecule has 1 unspecified atom stereocenters. The molecule has 0 fully saturated rings. The SMILES string of the molecule is CCC(CSC)NS(=O)(=O)c1ccc(F)c(CN)c1F. The molecule has 0 amide bonds. The van der Waals surface area contributed by atoms with Gasteiger partial charge in [0, 0.05) is 23.9 Å². The van der Waals surface area contributed by atoms with E-state index in [2.05, 4.69) is 4.72 Å². The minimum atomic E-state index is -4.03. The lowest BCUT2D eigenvalue weighted by Gasteiger charge is -2.17. The van der Waals surface area contributed by atoms with Gasteiger partial charge >= 0.3 is 0 Å². The molecule has 0 aliphatic rings. The first kappa shape index (κ1) is 17.4. The number of benzene rings is 1. The first-order chi connectivity index (χ1) is 9.37. The quantitative estimate of drug-likeness (QED) is 0.803. The van der Waals surface area contributed by atoms with Crippen molar-refractivity contribution < 1.29 is 17.2 Å². The molecule has 0 aliphatic heterocycles. The van der Waals surface area contributed by atoms with Crippen molar-refractivity contribution >= 4 is 21.8 Å². The number of halogens is 2. The molecule has 0 saturated carbocycles. The van der Waals surface area contributed by atoms with Crippen LogP contribution in [0.5, 0.6) is 0 Å². The largest absolute Gasteiger partial charge is 0.326 e. The number of nitrogens with two attached hydrogens (primary N) is 1. The van der Waals surface area contributed by atoms with Crippen LogP contribution in [0.2, 0.25) is 0 Å². The Hall–Kier alpha value is -0.700. The molecule has 0 aliphatic carbocycles. The van der Waals surface area contributed by atoms with Crippen molar-refractivity contribution in [3.63, 3.8) is 0 Å². The van der Waals surface area contributed by atoms with Crippen molar-refractivity contribution in [2.75, 3.05) is 12.0 Å². The van der Waals surface area contributed by atoms with Gasteiger partial charge in [-0.05, 0) is 24.8 Å². The second-order valence-corrected chi connectivity index (χ2v) is 6.82. The summed E-state index contributed by atoms with van der Waals surface area (Å²) >= 11 is 1.48. The van der Waals surface area contributed by atoms with Gasteiger partial charge in [-0.2, -0.15) is 11.8 Å². The first-order valence-electron chi connectivity index (χ1n) is 6.05. The fraction of sp³-hybridized carbons (Fsp3) is 0.500. The van der Waals surface area contributed by atoms with Gasteiger partial charge in [0.15, 0.2) is 5.82 Å². The van der Waals surface area contributed by atoms with E-state index in [4.69, 9.17) is 5.73 Å². The summed E-state index contributed by atoms with van der Waals surface area (Å²) in [6.45, 7) is 1.43. The molecule has 0 saturated heterocycles. The van der Waals surface area contributed by atoms with E-state index < -0.39 is 38.7 Å². The van der Waals surface area contributed by atoms with Crippen LogP contribution in [0.1, 0.15) is 18.9 Å². The number of hydrogen-bond acceptors (Lipinski definition) is 4. The van der Waals surface area contributed by atoms with Crippen molar-refractivity contribution in [3.05, 3.63) is 29.3 Å². The molecule has 1 aromatic carbocycles. The van der Waals surface area contributed by atoms with Crippen molar-refractivity contribution in [3.8, 4) is 0 Å². The smallest absolute Gasteiger partial charge is 0.243 e. The van der Waals surface area contributed by atoms with Crippen LogP contribution in [0.4, 0.5) is 8.78 Å². The summed E-state index contributed by atoms with van der Waals surface area (Å²) in [7, 11) is -4.03. The minimum Gasteiger partial charge on any atom is -0.326 e. The van der Waals surface area contributed by atoms with Gasteiger partial charge in [0.1, 0.15) is 10.7 Å². The summed E-state index contributed by atoms with van der Waals surface area (Å²) in [5, 5.41) is 0. The summed E-state index contributed by atoms with van der Waals surface area (Å²) in [4.78, 5) is -0.570. The van der Waals surface area contributed by atoms with Crippen LogP contribution in [-0.4, -0.2) is 26.5 Å². The van der Waals surface area contributed by atoms with Crippen LogP contribution in [0.25, 0.3) is 0 Å². The molecular formula is C12H18F2N2O2S2. The molecule has 0 bridgehead atoms. The molecule has 1 aromatic rings. The Balaban J connectivity index is 3.16. The van der Waals surface area contributed by atoms with E-state index in [9.17, 15) is 17.2 Å².